The van der Waals surface area contributed by atoms with Gasteiger partial charge < -0.3 is 0 Å². The Morgan fingerprint density at radius 1 is 0.630 bits per heavy atom. The highest BCUT2D eigenvalue weighted by molar-refractivity contribution is 5.80. The number of allylic oxidation sites excluding steroid dienone is 4. The van der Waals surface area contributed by atoms with Crippen LogP contribution in [0.5, 0.6) is 0 Å². The molecule has 0 aliphatic heterocycles. The van der Waals surface area contributed by atoms with Crippen molar-refractivity contribution < 1.29 is 0 Å². The van der Waals surface area contributed by atoms with Gasteiger partial charge in [0, 0.05) is 5.92 Å². The number of hydrogen-bond acceptors (Lipinski definition) is 0. The van der Waals surface area contributed by atoms with E-state index in [4.69, 9.17) is 0 Å². The molecule has 0 radical (unpaired) electrons. The summed E-state index contributed by atoms with van der Waals surface area (Å²) in [4.78, 5) is 0. The van der Waals surface area contributed by atoms with Gasteiger partial charge in [-0.25, -0.2) is 0 Å². The van der Waals surface area contributed by atoms with E-state index in [9.17, 15) is 0 Å². The maximum Gasteiger partial charge on any atom is 0.00628 e. The Hall–Kier alpha value is -1.30. The molecule has 1 aliphatic rings. The van der Waals surface area contributed by atoms with Gasteiger partial charge in [-0.05, 0) is 67.2 Å². The van der Waals surface area contributed by atoms with E-state index >= 15 is 0 Å². The first-order chi connectivity index (χ1) is 13.3. The van der Waals surface area contributed by atoms with Gasteiger partial charge in [-0.15, -0.1) is 0 Å². The molecule has 0 spiro atoms. The number of benzene rings is 1. The van der Waals surface area contributed by atoms with Crippen LogP contribution < -0.4 is 0 Å². The van der Waals surface area contributed by atoms with E-state index in [1.54, 1.807) is 16.7 Å². The zero-order chi connectivity index (χ0) is 19.5. The summed E-state index contributed by atoms with van der Waals surface area (Å²) in [5.74, 6) is 0.678. The number of hydrogen-bond donors (Lipinski definition) is 0. The monoisotopic (exact) mass is 366 g/mol. The maximum absolute atomic E-state index is 2.36. The van der Waals surface area contributed by atoms with Crippen molar-refractivity contribution in [1.29, 1.82) is 0 Å². The van der Waals surface area contributed by atoms with Gasteiger partial charge in [-0.3, -0.25) is 0 Å². The van der Waals surface area contributed by atoms with Gasteiger partial charge in [-0.2, -0.15) is 0 Å². The lowest BCUT2D eigenvalue weighted by Gasteiger charge is -2.21. The predicted octanol–water partition coefficient (Wildman–Crippen LogP) is 9.13. The molecule has 150 valence electrons. The molecule has 0 heteroatoms. The molecule has 1 aromatic carbocycles. The fourth-order valence-electron chi connectivity index (χ4n) is 4.67. The third-order valence-electron chi connectivity index (χ3n) is 6.14. The lowest BCUT2D eigenvalue weighted by atomic mass is 9.83. The molecule has 0 heterocycles. The summed E-state index contributed by atoms with van der Waals surface area (Å²) in [6.45, 7) is 9.35. The van der Waals surface area contributed by atoms with Crippen molar-refractivity contribution in [2.24, 2.45) is 5.92 Å². The van der Waals surface area contributed by atoms with E-state index in [1.807, 2.05) is 5.57 Å². The van der Waals surface area contributed by atoms with E-state index < -0.39 is 0 Å². The first-order valence-electron chi connectivity index (χ1n) is 11.8. The highest BCUT2D eigenvalue weighted by Gasteiger charge is 2.32. The molecular formula is C27H42. The zero-order valence-electron chi connectivity index (χ0n) is 18.4. The Labute approximate surface area is 169 Å². The van der Waals surface area contributed by atoms with E-state index in [2.05, 4.69) is 58.0 Å². The summed E-state index contributed by atoms with van der Waals surface area (Å²) in [5, 5.41) is 0. The van der Waals surface area contributed by atoms with Crippen molar-refractivity contribution in [3.8, 4) is 0 Å². The minimum absolute atomic E-state index is 0.678. The molecule has 1 aliphatic carbocycles. The topological polar surface area (TPSA) is 0 Å². The lowest BCUT2D eigenvalue weighted by molar-refractivity contribution is 0.600. The molecule has 0 nitrogen and oxygen atoms in total. The van der Waals surface area contributed by atoms with E-state index in [-0.39, 0.29) is 0 Å². The van der Waals surface area contributed by atoms with Crippen LogP contribution in [0.1, 0.15) is 110 Å². The second-order valence-corrected chi connectivity index (χ2v) is 8.27. The first kappa shape index (κ1) is 22.0. The quantitative estimate of drug-likeness (QED) is 0.326. The van der Waals surface area contributed by atoms with Crippen molar-refractivity contribution in [1.82, 2.24) is 0 Å². The minimum atomic E-state index is 0.678. The SMILES string of the molecule is CCCCC1=C(CCCC)C(CCCC)C(c2ccccc2)=C1CCCC. The fraction of sp³-hybridized carbons (Fsp3) is 0.630. The molecule has 0 saturated heterocycles. The van der Waals surface area contributed by atoms with Crippen LogP contribution in [0.25, 0.3) is 5.57 Å². The van der Waals surface area contributed by atoms with Crippen LogP contribution in [0, 0.1) is 5.92 Å². The molecule has 1 atom stereocenters. The van der Waals surface area contributed by atoms with Crippen molar-refractivity contribution in [3.05, 3.63) is 52.6 Å². The van der Waals surface area contributed by atoms with E-state index in [0.29, 0.717) is 5.92 Å². The van der Waals surface area contributed by atoms with Crippen LogP contribution in [-0.2, 0) is 0 Å². The summed E-state index contributed by atoms with van der Waals surface area (Å²) in [7, 11) is 0. The molecule has 0 bridgehead atoms. The highest BCUT2D eigenvalue weighted by Crippen LogP contribution is 2.50. The third-order valence-corrected chi connectivity index (χ3v) is 6.14. The fourth-order valence-corrected chi connectivity index (χ4v) is 4.67. The predicted molar refractivity (Wildman–Crippen MR) is 122 cm³/mol. The normalized spacial score (nSPS) is 17.3. The highest BCUT2D eigenvalue weighted by atomic mass is 14.4. The first-order valence-corrected chi connectivity index (χ1v) is 11.8. The molecule has 0 fully saturated rings. The van der Waals surface area contributed by atoms with Crippen LogP contribution >= 0.6 is 0 Å². The van der Waals surface area contributed by atoms with Crippen molar-refractivity contribution in [2.45, 2.75) is 105 Å². The summed E-state index contributed by atoms with van der Waals surface area (Å²) in [5.41, 5.74) is 8.53. The lowest BCUT2D eigenvalue weighted by Crippen LogP contribution is -2.05. The molecule has 0 amide bonds. The molecule has 1 unspecified atom stereocenters. The van der Waals surface area contributed by atoms with Gasteiger partial charge in [-0.1, -0.05) is 95.7 Å². The smallest absolute Gasteiger partial charge is 0.00628 e. The van der Waals surface area contributed by atoms with E-state index in [0.717, 1.165) is 0 Å². The average Bonchev–Trinajstić information content (AvgIpc) is 3.00. The van der Waals surface area contributed by atoms with Crippen molar-refractivity contribution in [2.75, 3.05) is 0 Å². The standard InChI is InChI=1S/C27H42/c1-5-9-18-23-24(19-10-6-2)26(21-12-8-4)27(25(23)20-11-7-3)22-16-14-13-15-17-22/h13-17,25H,5-12,18-21H2,1-4H3. The molecule has 0 aromatic heterocycles. The third kappa shape index (κ3) is 5.84. The van der Waals surface area contributed by atoms with Crippen molar-refractivity contribution >= 4 is 5.57 Å². The Balaban J connectivity index is 2.52. The van der Waals surface area contributed by atoms with Crippen molar-refractivity contribution in [3.63, 3.8) is 0 Å². The van der Waals surface area contributed by atoms with Crippen LogP contribution in [0.3, 0.4) is 0 Å². The molecule has 1 aromatic rings. The number of unbranched alkanes of at least 4 members (excludes halogenated alkanes) is 4. The number of rotatable bonds is 13. The van der Waals surface area contributed by atoms with Crippen LogP contribution in [0.4, 0.5) is 0 Å². The maximum atomic E-state index is 2.36. The average molecular weight is 367 g/mol. The molecule has 0 saturated carbocycles. The van der Waals surface area contributed by atoms with Crippen LogP contribution in [0.2, 0.25) is 0 Å². The second-order valence-electron chi connectivity index (χ2n) is 8.27. The summed E-state index contributed by atoms with van der Waals surface area (Å²) in [6.07, 6.45) is 15.8. The van der Waals surface area contributed by atoms with Crippen LogP contribution in [-0.4, -0.2) is 0 Å². The molecule has 0 N–H and O–H groups in total. The van der Waals surface area contributed by atoms with Gasteiger partial charge in [0.15, 0.2) is 0 Å². The largest absolute Gasteiger partial charge is 0.0654 e. The van der Waals surface area contributed by atoms with Gasteiger partial charge in [0.05, 0.1) is 0 Å². The van der Waals surface area contributed by atoms with Gasteiger partial charge in [0.2, 0.25) is 0 Å². The van der Waals surface area contributed by atoms with Crippen LogP contribution in [0.15, 0.2) is 47.1 Å². The Kier molecular flexibility index (Phi) is 9.95. The summed E-state index contributed by atoms with van der Waals surface area (Å²) in [6, 6.07) is 11.3. The Bertz CT molecular complexity index is 602. The van der Waals surface area contributed by atoms with Gasteiger partial charge >= 0.3 is 0 Å². The second kappa shape index (κ2) is 12.2. The van der Waals surface area contributed by atoms with Gasteiger partial charge in [0.1, 0.15) is 0 Å². The Morgan fingerprint density at radius 3 is 1.78 bits per heavy atom. The summed E-state index contributed by atoms with van der Waals surface area (Å²) < 4.78 is 0. The van der Waals surface area contributed by atoms with E-state index in [1.165, 1.54) is 82.6 Å². The molecule has 2 rings (SSSR count). The summed E-state index contributed by atoms with van der Waals surface area (Å²) >= 11 is 0. The Morgan fingerprint density at radius 2 is 1.19 bits per heavy atom. The van der Waals surface area contributed by atoms with Gasteiger partial charge in [0.25, 0.3) is 0 Å². The molecule has 27 heavy (non-hydrogen) atoms. The zero-order valence-corrected chi connectivity index (χ0v) is 18.4. The molecular weight excluding hydrogens is 324 g/mol. The minimum Gasteiger partial charge on any atom is -0.0654 e.